The van der Waals surface area contributed by atoms with Gasteiger partial charge in [0.2, 0.25) is 0 Å². The summed E-state index contributed by atoms with van der Waals surface area (Å²) >= 11 is 0. The van der Waals surface area contributed by atoms with E-state index in [-0.39, 0.29) is 6.23 Å². The van der Waals surface area contributed by atoms with Gasteiger partial charge in [0.25, 0.3) is 0 Å². The molecule has 0 aromatic carbocycles. The minimum atomic E-state index is 0.133. The largest absolute Gasteiger partial charge is 0.357 e. The zero-order valence-corrected chi connectivity index (χ0v) is 7.65. The van der Waals surface area contributed by atoms with E-state index in [0.29, 0.717) is 6.54 Å². The average molecular weight is 181 g/mol. The monoisotopic (exact) mass is 181 g/mol. The fourth-order valence-corrected chi connectivity index (χ4v) is 1.57. The normalized spacial score (nSPS) is 23.3. The summed E-state index contributed by atoms with van der Waals surface area (Å²) in [5, 5.41) is 4.22. The Labute approximate surface area is 77.7 Å². The number of hydrogen-bond donors (Lipinski definition) is 1. The highest BCUT2D eigenvalue weighted by Crippen LogP contribution is 2.21. The smallest absolute Gasteiger partial charge is 0.150 e. The van der Waals surface area contributed by atoms with Gasteiger partial charge in [-0.15, -0.1) is 0 Å². The minimum Gasteiger partial charge on any atom is -0.357 e. The molecule has 1 fully saturated rings. The molecule has 1 atom stereocenters. The van der Waals surface area contributed by atoms with Crippen LogP contribution in [0.15, 0.2) is 12.4 Å². The van der Waals surface area contributed by atoms with E-state index in [0.717, 1.165) is 18.6 Å². The van der Waals surface area contributed by atoms with Gasteiger partial charge < -0.3 is 10.5 Å². The fourth-order valence-electron chi connectivity index (χ4n) is 1.57. The number of nitrogens with zero attached hydrogens (tertiary/aromatic N) is 2. The predicted molar refractivity (Wildman–Crippen MR) is 49.0 cm³/mol. The van der Waals surface area contributed by atoms with Crippen LogP contribution >= 0.6 is 0 Å². The molecule has 1 aliphatic rings. The lowest BCUT2D eigenvalue weighted by atomic mass is 10.2. The molecule has 4 heteroatoms. The summed E-state index contributed by atoms with van der Waals surface area (Å²) in [7, 11) is 0. The molecule has 2 rings (SSSR count). The van der Waals surface area contributed by atoms with E-state index in [1.807, 2.05) is 10.9 Å². The van der Waals surface area contributed by atoms with Crippen molar-refractivity contribution in [2.75, 3.05) is 6.61 Å². The number of hydrogen-bond acceptors (Lipinski definition) is 3. The first kappa shape index (κ1) is 8.72. The van der Waals surface area contributed by atoms with Crippen molar-refractivity contribution in [2.24, 2.45) is 5.73 Å². The van der Waals surface area contributed by atoms with Gasteiger partial charge in [0.1, 0.15) is 6.23 Å². The Hall–Kier alpha value is -0.870. The van der Waals surface area contributed by atoms with Gasteiger partial charge in [-0.3, -0.25) is 0 Å². The summed E-state index contributed by atoms with van der Waals surface area (Å²) in [6, 6.07) is 0. The Morgan fingerprint density at radius 2 is 2.54 bits per heavy atom. The van der Waals surface area contributed by atoms with Crippen molar-refractivity contribution < 1.29 is 4.74 Å². The summed E-state index contributed by atoms with van der Waals surface area (Å²) in [6.45, 7) is 1.40. The third kappa shape index (κ3) is 1.89. The highest BCUT2D eigenvalue weighted by Gasteiger charge is 2.15. The number of ether oxygens (including phenoxy) is 1. The van der Waals surface area contributed by atoms with Gasteiger partial charge in [-0.25, -0.2) is 4.68 Å². The molecule has 2 heterocycles. The van der Waals surface area contributed by atoms with E-state index in [1.54, 1.807) is 6.20 Å². The minimum absolute atomic E-state index is 0.133. The molecule has 13 heavy (non-hydrogen) atoms. The van der Waals surface area contributed by atoms with E-state index >= 15 is 0 Å². The molecule has 4 nitrogen and oxygen atoms in total. The van der Waals surface area contributed by atoms with Crippen molar-refractivity contribution in [1.82, 2.24) is 9.78 Å². The van der Waals surface area contributed by atoms with Crippen LogP contribution in [-0.4, -0.2) is 16.4 Å². The Bertz CT molecular complexity index is 266. The molecule has 1 unspecified atom stereocenters. The van der Waals surface area contributed by atoms with E-state index in [2.05, 4.69) is 5.10 Å². The maximum Gasteiger partial charge on any atom is 0.150 e. The standard InChI is InChI=1S/C9H15N3O/c10-5-8-6-11-12(7-8)9-3-1-2-4-13-9/h6-7,9H,1-5,10H2. The molecule has 0 amide bonds. The molecule has 2 N–H and O–H groups in total. The number of nitrogens with two attached hydrogens (primary N) is 1. The Morgan fingerprint density at radius 3 is 3.15 bits per heavy atom. The highest BCUT2D eigenvalue weighted by atomic mass is 16.5. The predicted octanol–water partition coefficient (Wildman–Crippen LogP) is 1.04. The summed E-state index contributed by atoms with van der Waals surface area (Å²) < 4.78 is 7.46. The molecule has 1 aromatic heterocycles. The van der Waals surface area contributed by atoms with Crippen LogP contribution < -0.4 is 5.73 Å². The lowest BCUT2D eigenvalue weighted by Crippen LogP contribution is -2.18. The fraction of sp³-hybridized carbons (Fsp3) is 0.667. The molecule has 1 aliphatic heterocycles. The van der Waals surface area contributed by atoms with E-state index in [9.17, 15) is 0 Å². The first-order chi connectivity index (χ1) is 6.40. The van der Waals surface area contributed by atoms with E-state index < -0.39 is 0 Å². The van der Waals surface area contributed by atoms with Crippen LogP contribution in [0.1, 0.15) is 31.1 Å². The van der Waals surface area contributed by atoms with Crippen molar-refractivity contribution in [3.63, 3.8) is 0 Å². The maximum absolute atomic E-state index is 5.58. The van der Waals surface area contributed by atoms with Crippen LogP contribution in [0, 0.1) is 0 Å². The summed E-state index contributed by atoms with van der Waals surface area (Å²) in [5.74, 6) is 0. The van der Waals surface area contributed by atoms with Crippen molar-refractivity contribution in [1.29, 1.82) is 0 Å². The van der Waals surface area contributed by atoms with Crippen LogP contribution in [0.2, 0.25) is 0 Å². The van der Waals surface area contributed by atoms with Gasteiger partial charge in [0.15, 0.2) is 0 Å². The van der Waals surface area contributed by atoms with Gasteiger partial charge in [0, 0.05) is 24.9 Å². The second-order valence-electron chi connectivity index (χ2n) is 3.35. The Balaban J connectivity index is 2.05. The lowest BCUT2D eigenvalue weighted by Gasteiger charge is -2.22. The third-order valence-corrected chi connectivity index (χ3v) is 2.34. The van der Waals surface area contributed by atoms with Crippen molar-refractivity contribution >= 4 is 0 Å². The molecule has 0 spiro atoms. The summed E-state index contributed by atoms with van der Waals surface area (Å²) in [5.41, 5.74) is 6.56. The topological polar surface area (TPSA) is 53.1 Å². The second kappa shape index (κ2) is 3.89. The quantitative estimate of drug-likeness (QED) is 0.741. The van der Waals surface area contributed by atoms with Gasteiger partial charge >= 0.3 is 0 Å². The van der Waals surface area contributed by atoms with Gasteiger partial charge in [-0.1, -0.05) is 0 Å². The van der Waals surface area contributed by atoms with Gasteiger partial charge in [-0.2, -0.15) is 5.10 Å². The van der Waals surface area contributed by atoms with Crippen LogP contribution in [0.25, 0.3) is 0 Å². The van der Waals surface area contributed by atoms with Crippen LogP contribution in [0.4, 0.5) is 0 Å². The molecule has 0 bridgehead atoms. The van der Waals surface area contributed by atoms with E-state index in [1.165, 1.54) is 12.8 Å². The zero-order chi connectivity index (χ0) is 9.10. The number of aromatic nitrogens is 2. The average Bonchev–Trinajstić information content (AvgIpc) is 2.67. The van der Waals surface area contributed by atoms with Crippen LogP contribution in [0.3, 0.4) is 0 Å². The highest BCUT2D eigenvalue weighted by molar-refractivity contribution is 5.02. The maximum atomic E-state index is 5.58. The Morgan fingerprint density at radius 1 is 1.62 bits per heavy atom. The SMILES string of the molecule is NCc1cnn(C2CCCCO2)c1. The molecule has 72 valence electrons. The first-order valence-corrected chi connectivity index (χ1v) is 4.75. The second-order valence-corrected chi connectivity index (χ2v) is 3.35. The molecular weight excluding hydrogens is 166 g/mol. The first-order valence-electron chi connectivity index (χ1n) is 4.75. The molecule has 0 radical (unpaired) electrons. The van der Waals surface area contributed by atoms with Crippen molar-refractivity contribution in [3.8, 4) is 0 Å². The summed E-state index contributed by atoms with van der Waals surface area (Å²) in [6.07, 6.45) is 7.36. The molecule has 1 aromatic rings. The molecule has 1 saturated heterocycles. The molecule has 0 aliphatic carbocycles. The molecule has 0 saturated carbocycles. The lowest BCUT2D eigenvalue weighted by molar-refractivity contribution is -0.0395. The third-order valence-electron chi connectivity index (χ3n) is 2.34. The van der Waals surface area contributed by atoms with Crippen LogP contribution in [0.5, 0.6) is 0 Å². The Kier molecular flexibility index (Phi) is 2.61. The van der Waals surface area contributed by atoms with Gasteiger partial charge in [0.05, 0.1) is 6.20 Å². The van der Waals surface area contributed by atoms with Crippen molar-refractivity contribution in [2.45, 2.75) is 32.0 Å². The van der Waals surface area contributed by atoms with E-state index in [4.69, 9.17) is 10.5 Å². The summed E-state index contributed by atoms with van der Waals surface area (Å²) in [4.78, 5) is 0. The molecular formula is C9H15N3O. The zero-order valence-electron chi connectivity index (χ0n) is 7.65. The van der Waals surface area contributed by atoms with Crippen molar-refractivity contribution in [3.05, 3.63) is 18.0 Å². The van der Waals surface area contributed by atoms with Gasteiger partial charge in [-0.05, 0) is 19.3 Å². The van der Waals surface area contributed by atoms with Crippen LogP contribution in [-0.2, 0) is 11.3 Å². The number of rotatable bonds is 2.